The minimum atomic E-state index is 0.735. The zero-order valence-electron chi connectivity index (χ0n) is 15.7. The van der Waals surface area contributed by atoms with Crippen molar-refractivity contribution >= 4 is 66.9 Å². The Kier molecular flexibility index (Phi) is 6.59. The highest BCUT2D eigenvalue weighted by atomic mass is 79.9. The van der Waals surface area contributed by atoms with Gasteiger partial charge in [0.1, 0.15) is 16.8 Å². The molecule has 0 amide bonds. The number of thiophene rings is 1. The summed E-state index contributed by atoms with van der Waals surface area (Å²) in [6, 6.07) is 16.1. The van der Waals surface area contributed by atoms with Crippen LogP contribution in [-0.4, -0.2) is 16.6 Å². The van der Waals surface area contributed by atoms with E-state index in [4.69, 9.17) is 14.7 Å². The zero-order chi connectivity index (χ0) is 20.4. The Labute approximate surface area is 196 Å². The summed E-state index contributed by atoms with van der Waals surface area (Å²) in [5.74, 6) is 0.872. The fourth-order valence-electron chi connectivity index (χ4n) is 2.95. The highest BCUT2D eigenvalue weighted by Gasteiger charge is 2.18. The number of nitrogens with zero attached hydrogens (tertiary/aromatic N) is 2. The molecule has 0 atom stereocenters. The van der Waals surface area contributed by atoms with E-state index in [0.29, 0.717) is 0 Å². The smallest absolute Gasteiger partial charge is 0.119 e. The van der Waals surface area contributed by atoms with Gasteiger partial charge in [0, 0.05) is 16.0 Å². The summed E-state index contributed by atoms with van der Waals surface area (Å²) >= 11 is 13.2. The molecule has 0 unspecified atom stereocenters. The first-order valence-corrected chi connectivity index (χ1v) is 12.1. The average Bonchev–Trinajstić information content (AvgIpc) is 3.01. The number of thiol groups is 1. The van der Waals surface area contributed by atoms with Gasteiger partial charge in [-0.1, -0.05) is 25.5 Å². The van der Waals surface area contributed by atoms with Crippen molar-refractivity contribution < 1.29 is 4.74 Å². The maximum absolute atomic E-state index is 5.80. The second-order valence-corrected chi connectivity index (χ2v) is 10.7. The molecule has 0 saturated carbocycles. The summed E-state index contributed by atoms with van der Waals surface area (Å²) in [4.78, 5) is 10.9. The Hall–Kier alpha value is -1.41. The van der Waals surface area contributed by atoms with Gasteiger partial charge in [0.05, 0.1) is 25.6 Å². The van der Waals surface area contributed by atoms with E-state index >= 15 is 0 Å². The molecule has 0 saturated heterocycles. The summed E-state index contributed by atoms with van der Waals surface area (Å²) in [5.41, 5.74) is 5.41. The summed E-state index contributed by atoms with van der Waals surface area (Å²) in [6.07, 6.45) is 2.17. The molecule has 0 aliphatic carbocycles. The van der Waals surface area contributed by atoms with Crippen molar-refractivity contribution in [1.82, 2.24) is 9.97 Å². The van der Waals surface area contributed by atoms with Crippen LogP contribution >= 0.6 is 55.8 Å². The summed E-state index contributed by atoms with van der Waals surface area (Å²) < 4.78 is 7.73. The minimum absolute atomic E-state index is 0.735. The van der Waals surface area contributed by atoms with Crippen LogP contribution in [0.2, 0.25) is 0 Å². The highest BCUT2D eigenvalue weighted by Crippen LogP contribution is 2.41. The molecular weight excluding hydrogens is 532 g/mol. The Morgan fingerprint density at radius 2 is 1.38 bits per heavy atom. The Morgan fingerprint density at radius 1 is 0.862 bits per heavy atom. The number of hydrogen-bond acceptors (Lipinski definition) is 5. The summed E-state index contributed by atoms with van der Waals surface area (Å²) in [5, 5.41) is 0. The SMILES string of the molecule is CCCCOc1ccc(-c2nc3c(Br)sc(Br)c3nc2-c2ccc(S)cc2)cc1. The molecule has 2 aromatic carbocycles. The number of rotatable bonds is 6. The largest absolute Gasteiger partial charge is 0.494 e. The molecule has 2 aromatic heterocycles. The molecule has 4 rings (SSSR count). The molecule has 0 N–H and O–H groups in total. The lowest BCUT2D eigenvalue weighted by Crippen LogP contribution is -1.97. The Balaban J connectivity index is 1.82. The lowest BCUT2D eigenvalue weighted by atomic mass is 10.0. The molecule has 7 heteroatoms. The molecule has 0 bridgehead atoms. The molecule has 0 radical (unpaired) electrons. The maximum atomic E-state index is 5.80. The predicted octanol–water partition coefficient (Wildman–Crippen LogP) is 8.02. The first-order valence-electron chi connectivity index (χ1n) is 9.25. The minimum Gasteiger partial charge on any atom is -0.494 e. The molecule has 29 heavy (non-hydrogen) atoms. The van der Waals surface area contributed by atoms with Crippen molar-refractivity contribution in [3.05, 3.63) is 56.1 Å². The topological polar surface area (TPSA) is 35.0 Å². The quantitative estimate of drug-likeness (QED) is 0.195. The second kappa shape index (κ2) is 9.16. The molecular formula is C22H18Br2N2OS2. The predicted molar refractivity (Wildman–Crippen MR) is 131 cm³/mol. The number of benzene rings is 2. The van der Waals surface area contributed by atoms with Gasteiger partial charge in [-0.3, -0.25) is 0 Å². The molecule has 0 spiro atoms. The molecule has 148 valence electrons. The zero-order valence-corrected chi connectivity index (χ0v) is 20.5. The first kappa shape index (κ1) is 20.8. The summed E-state index contributed by atoms with van der Waals surface area (Å²) in [7, 11) is 0. The standard InChI is InChI=1S/C22H18Br2N2OS2/c1-2-3-12-27-15-8-4-13(5-9-15)17-18(14-6-10-16(28)11-7-14)26-20-19(25-17)21(23)29-22(20)24/h4-11,28H,2-3,12H2,1H3. The molecule has 3 nitrogen and oxygen atoms in total. The molecule has 0 aliphatic heterocycles. The number of hydrogen-bond donors (Lipinski definition) is 1. The van der Waals surface area contributed by atoms with Crippen molar-refractivity contribution in [3.63, 3.8) is 0 Å². The van der Waals surface area contributed by atoms with Gasteiger partial charge in [-0.15, -0.1) is 24.0 Å². The monoisotopic (exact) mass is 548 g/mol. The normalized spacial score (nSPS) is 11.2. The van der Waals surface area contributed by atoms with E-state index in [1.165, 1.54) is 0 Å². The van der Waals surface area contributed by atoms with Crippen LogP contribution in [-0.2, 0) is 0 Å². The number of ether oxygens (including phenoxy) is 1. The second-order valence-electron chi connectivity index (χ2n) is 6.54. The number of unbranched alkanes of at least 4 members (excludes halogenated alkanes) is 1. The third kappa shape index (κ3) is 4.53. The number of fused-ring (bicyclic) bond motifs is 1. The van der Waals surface area contributed by atoms with Crippen molar-refractivity contribution in [2.75, 3.05) is 6.61 Å². The first-order chi connectivity index (χ1) is 14.1. The lowest BCUT2D eigenvalue weighted by molar-refractivity contribution is 0.309. The van der Waals surface area contributed by atoms with Crippen LogP contribution in [0.3, 0.4) is 0 Å². The van der Waals surface area contributed by atoms with E-state index in [-0.39, 0.29) is 0 Å². The van der Waals surface area contributed by atoms with Crippen LogP contribution < -0.4 is 4.74 Å². The molecule has 4 aromatic rings. The number of aromatic nitrogens is 2. The van der Waals surface area contributed by atoms with Crippen LogP contribution in [0.25, 0.3) is 33.5 Å². The molecule has 2 heterocycles. The van der Waals surface area contributed by atoms with Gasteiger partial charge in [-0.05, 0) is 74.7 Å². The highest BCUT2D eigenvalue weighted by molar-refractivity contribution is 9.12. The van der Waals surface area contributed by atoms with Gasteiger partial charge < -0.3 is 4.74 Å². The van der Waals surface area contributed by atoms with Gasteiger partial charge in [0.15, 0.2) is 0 Å². The van der Waals surface area contributed by atoms with Gasteiger partial charge in [-0.2, -0.15) is 0 Å². The maximum Gasteiger partial charge on any atom is 0.119 e. The lowest BCUT2D eigenvalue weighted by Gasteiger charge is -2.11. The van der Waals surface area contributed by atoms with Crippen LogP contribution in [0.15, 0.2) is 61.0 Å². The van der Waals surface area contributed by atoms with Crippen molar-refractivity contribution in [1.29, 1.82) is 0 Å². The van der Waals surface area contributed by atoms with E-state index in [0.717, 1.165) is 71.2 Å². The number of halogens is 2. The van der Waals surface area contributed by atoms with Crippen LogP contribution in [0.4, 0.5) is 0 Å². The van der Waals surface area contributed by atoms with Crippen LogP contribution in [0, 0.1) is 0 Å². The Morgan fingerprint density at radius 3 is 1.90 bits per heavy atom. The average molecular weight is 550 g/mol. The molecule has 0 aliphatic rings. The van der Waals surface area contributed by atoms with Crippen molar-refractivity contribution in [3.8, 4) is 28.3 Å². The van der Waals surface area contributed by atoms with Gasteiger partial charge in [0.25, 0.3) is 0 Å². The van der Waals surface area contributed by atoms with Gasteiger partial charge in [0.2, 0.25) is 0 Å². The third-order valence-electron chi connectivity index (χ3n) is 4.48. The fraction of sp³-hybridized carbons (Fsp3) is 0.182. The van der Waals surface area contributed by atoms with E-state index < -0.39 is 0 Å². The fourth-order valence-corrected chi connectivity index (χ4v) is 5.91. The van der Waals surface area contributed by atoms with Crippen LogP contribution in [0.5, 0.6) is 5.75 Å². The van der Waals surface area contributed by atoms with E-state index in [9.17, 15) is 0 Å². The third-order valence-corrected chi connectivity index (χ3v) is 7.25. The van der Waals surface area contributed by atoms with Crippen molar-refractivity contribution in [2.24, 2.45) is 0 Å². The van der Waals surface area contributed by atoms with E-state index in [1.807, 2.05) is 48.5 Å². The molecule has 0 fully saturated rings. The van der Waals surface area contributed by atoms with E-state index in [2.05, 4.69) is 51.4 Å². The van der Waals surface area contributed by atoms with Crippen molar-refractivity contribution in [2.45, 2.75) is 24.7 Å². The van der Waals surface area contributed by atoms with Crippen LogP contribution in [0.1, 0.15) is 19.8 Å². The van der Waals surface area contributed by atoms with Gasteiger partial charge in [-0.25, -0.2) is 9.97 Å². The Bertz CT molecular complexity index is 1140. The van der Waals surface area contributed by atoms with E-state index in [1.54, 1.807) is 11.3 Å². The summed E-state index contributed by atoms with van der Waals surface area (Å²) in [6.45, 7) is 2.89. The van der Waals surface area contributed by atoms with Gasteiger partial charge >= 0.3 is 0 Å².